The summed E-state index contributed by atoms with van der Waals surface area (Å²) in [7, 11) is 0. The molecule has 1 rings (SSSR count). The number of hydrogen-bond donors (Lipinski definition) is 0. The van der Waals surface area contributed by atoms with E-state index >= 15 is 0 Å². The first-order chi connectivity index (χ1) is 5.79. The summed E-state index contributed by atoms with van der Waals surface area (Å²) in [5, 5.41) is 13.0. The van der Waals surface area contributed by atoms with Crippen LogP contribution in [0.15, 0.2) is 0 Å². The monoisotopic (exact) mass is 184 g/mol. The maximum absolute atomic E-state index is 11.8. The van der Waals surface area contributed by atoms with Crippen molar-refractivity contribution < 1.29 is 4.79 Å². The summed E-state index contributed by atoms with van der Waals surface area (Å²) in [6.07, 6.45) is 2.32. The first kappa shape index (κ1) is 10.7. The van der Waals surface area contributed by atoms with Crippen LogP contribution in [-0.4, -0.2) is 22.4 Å². The molecule has 0 aromatic carbocycles. The lowest BCUT2D eigenvalue weighted by Gasteiger charge is -2.59. The van der Waals surface area contributed by atoms with Gasteiger partial charge >= 0.3 is 0 Å². The van der Waals surface area contributed by atoms with Crippen LogP contribution >= 0.6 is 0 Å². The topological polar surface area (TPSA) is 43.4 Å². The third-order valence-electron chi connectivity index (χ3n) is 2.82. The molecule has 0 unspecified atom stereocenters. The van der Waals surface area contributed by atoms with E-state index in [9.17, 15) is 10.0 Å². The van der Waals surface area contributed by atoms with E-state index in [1.165, 1.54) is 0 Å². The second-order valence-corrected chi connectivity index (χ2v) is 5.22. The maximum atomic E-state index is 11.8. The maximum Gasteiger partial charge on any atom is 0.123 e. The molecule has 0 N–H and O–H groups in total. The molecule has 0 saturated carbocycles. The van der Waals surface area contributed by atoms with Crippen molar-refractivity contribution in [3.05, 3.63) is 5.21 Å². The fourth-order valence-corrected chi connectivity index (χ4v) is 2.44. The van der Waals surface area contributed by atoms with Crippen LogP contribution in [0.4, 0.5) is 0 Å². The molecule has 1 saturated heterocycles. The third-order valence-corrected chi connectivity index (χ3v) is 2.82. The van der Waals surface area contributed by atoms with Gasteiger partial charge in [-0.15, -0.1) is 0 Å². The van der Waals surface area contributed by atoms with E-state index in [4.69, 9.17) is 0 Å². The molecular weight excluding hydrogens is 166 g/mol. The van der Waals surface area contributed by atoms with Crippen molar-refractivity contribution in [3.8, 4) is 0 Å². The molecule has 0 radical (unpaired) electrons. The average Bonchev–Trinajstić information content (AvgIpc) is 1.99. The van der Waals surface area contributed by atoms with Crippen molar-refractivity contribution >= 4 is 6.29 Å². The molecule has 0 aliphatic carbocycles. The van der Waals surface area contributed by atoms with Gasteiger partial charge in [0.05, 0.1) is 0 Å². The number of hydroxylamine groups is 2. The molecular formula is C10H18NO2-. The Bertz CT molecular complexity index is 193. The molecule has 1 heterocycles. The molecule has 0 aromatic heterocycles. The average molecular weight is 184 g/mol. The van der Waals surface area contributed by atoms with Crippen LogP contribution in [0.25, 0.3) is 0 Å². The van der Waals surface area contributed by atoms with Crippen molar-refractivity contribution in [1.82, 2.24) is 5.06 Å². The minimum atomic E-state index is -0.409. The van der Waals surface area contributed by atoms with Crippen LogP contribution in [0.1, 0.15) is 40.5 Å². The number of carbonyl (C=O) groups excluding carboxylic acids is 1. The smallest absolute Gasteiger partial charge is 0.123 e. The van der Waals surface area contributed by atoms with Gasteiger partial charge in [-0.05, 0) is 40.5 Å². The highest BCUT2D eigenvalue weighted by Crippen LogP contribution is 2.39. The van der Waals surface area contributed by atoms with Gasteiger partial charge in [0.1, 0.15) is 6.29 Å². The third kappa shape index (κ3) is 1.92. The van der Waals surface area contributed by atoms with Gasteiger partial charge in [0.2, 0.25) is 0 Å². The molecule has 0 amide bonds. The molecule has 0 bridgehead atoms. The first-order valence-corrected chi connectivity index (χ1v) is 4.72. The van der Waals surface area contributed by atoms with Gasteiger partial charge < -0.3 is 15.1 Å². The quantitative estimate of drug-likeness (QED) is 0.585. The van der Waals surface area contributed by atoms with Crippen molar-refractivity contribution in [1.29, 1.82) is 0 Å². The zero-order chi connectivity index (χ0) is 10.3. The van der Waals surface area contributed by atoms with Crippen LogP contribution in [0, 0.1) is 11.1 Å². The highest BCUT2D eigenvalue weighted by atomic mass is 16.5. The van der Waals surface area contributed by atoms with E-state index in [0.717, 1.165) is 11.3 Å². The normalized spacial score (nSPS) is 28.7. The van der Waals surface area contributed by atoms with Crippen molar-refractivity contribution in [2.75, 3.05) is 0 Å². The number of piperidine rings is 1. The molecule has 3 heteroatoms. The SMILES string of the molecule is CC1(C)CC(C=O)CC(C)(C)N1[O-]. The largest absolute Gasteiger partial charge is 0.784 e. The molecule has 0 aromatic rings. The van der Waals surface area contributed by atoms with E-state index < -0.39 is 11.1 Å². The first-order valence-electron chi connectivity index (χ1n) is 4.72. The van der Waals surface area contributed by atoms with Gasteiger partial charge in [-0.2, -0.15) is 0 Å². The summed E-state index contributed by atoms with van der Waals surface area (Å²) in [6, 6.07) is 0. The highest BCUT2D eigenvalue weighted by Gasteiger charge is 2.39. The van der Waals surface area contributed by atoms with Gasteiger partial charge in [0.15, 0.2) is 0 Å². The zero-order valence-corrected chi connectivity index (χ0v) is 8.83. The number of nitrogens with zero attached hydrogens (tertiary/aromatic N) is 1. The lowest BCUT2D eigenvalue weighted by atomic mass is 9.76. The lowest BCUT2D eigenvalue weighted by Crippen LogP contribution is -2.57. The molecule has 0 atom stereocenters. The molecule has 1 fully saturated rings. The number of aldehydes is 1. The second kappa shape index (κ2) is 3.07. The Balaban J connectivity index is 2.88. The molecule has 1 aliphatic heterocycles. The summed E-state index contributed by atoms with van der Waals surface area (Å²) >= 11 is 0. The minimum Gasteiger partial charge on any atom is -0.784 e. The van der Waals surface area contributed by atoms with E-state index in [1.807, 2.05) is 27.7 Å². The summed E-state index contributed by atoms with van der Waals surface area (Å²) in [6.45, 7) is 7.60. The van der Waals surface area contributed by atoms with Gasteiger partial charge in [0, 0.05) is 17.0 Å². The fraction of sp³-hybridized carbons (Fsp3) is 0.900. The van der Waals surface area contributed by atoms with Crippen LogP contribution in [0.3, 0.4) is 0 Å². The van der Waals surface area contributed by atoms with Crippen LogP contribution in [0.2, 0.25) is 0 Å². The lowest BCUT2D eigenvalue weighted by molar-refractivity contribution is -0.116. The second-order valence-electron chi connectivity index (χ2n) is 5.22. The Morgan fingerprint density at radius 1 is 1.23 bits per heavy atom. The van der Waals surface area contributed by atoms with Gasteiger partial charge in [0.25, 0.3) is 0 Å². The van der Waals surface area contributed by atoms with Gasteiger partial charge in [-0.1, -0.05) is 0 Å². The Hall–Kier alpha value is -0.410. The minimum absolute atomic E-state index is 0.0372. The van der Waals surface area contributed by atoms with Crippen LogP contribution in [0.5, 0.6) is 0 Å². The van der Waals surface area contributed by atoms with E-state index in [-0.39, 0.29) is 5.92 Å². The van der Waals surface area contributed by atoms with E-state index in [1.54, 1.807) is 0 Å². The summed E-state index contributed by atoms with van der Waals surface area (Å²) in [5.41, 5.74) is -0.819. The molecule has 13 heavy (non-hydrogen) atoms. The molecule has 76 valence electrons. The Morgan fingerprint density at radius 2 is 1.62 bits per heavy atom. The Labute approximate surface area is 79.7 Å². The van der Waals surface area contributed by atoms with Crippen molar-refractivity contribution in [2.45, 2.75) is 51.6 Å². The van der Waals surface area contributed by atoms with Gasteiger partial charge in [-0.25, -0.2) is 0 Å². The number of rotatable bonds is 1. The molecule has 1 aliphatic rings. The van der Waals surface area contributed by atoms with Crippen molar-refractivity contribution in [2.24, 2.45) is 5.92 Å². The predicted octanol–water partition coefficient (Wildman–Crippen LogP) is 1.95. The fourth-order valence-electron chi connectivity index (χ4n) is 2.44. The summed E-state index contributed by atoms with van der Waals surface area (Å²) in [5.74, 6) is 0.0372. The van der Waals surface area contributed by atoms with Crippen LogP contribution in [-0.2, 0) is 4.79 Å². The zero-order valence-electron chi connectivity index (χ0n) is 8.83. The summed E-state index contributed by atoms with van der Waals surface area (Å²) < 4.78 is 0. The Morgan fingerprint density at radius 3 is 1.92 bits per heavy atom. The molecule has 3 nitrogen and oxygen atoms in total. The van der Waals surface area contributed by atoms with Gasteiger partial charge in [-0.3, -0.25) is 0 Å². The standard InChI is InChI=1S/C10H18NO2/c1-9(2)5-8(7-12)6-10(3,4)11(9)13/h7-8H,5-6H2,1-4H3/q-1. The number of hydrogen-bond acceptors (Lipinski definition) is 3. The molecule has 0 spiro atoms. The summed E-state index contributed by atoms with van der Waals surface area (Å²) in [4.78, 5) is 10.7. The Kier molecular flexibility index (Phi) is 2.52. The van der Waals surface area contributed by atoms with Crippen LogP contribution < -0.4 is 0 Å². The predicted molar refractivity (Wildman–Crippen MR) is 52.2 cm³/mol. The highest BCUT2D eigenvalue weighted by molar-refractivity contribution is 5.54. The number of carbonyl (C=O) groups is 1. The van der Waals surface area contributed by atoms with E-state index in [0.29, 0.717) is 12.8 Å². The van der Waals surface area contributed by atoms with Crippen molar-refractivity contribution in [3.63, 3.8) is 0 Å². The van der Waals surface area contributed by atoms with E-state index in [2.05, 4.69) is 0 Å².